The quantitative estimate of drug-likeness (QED) is 0.772. The molecule has 0 atom stereocenters. The Balaban J connectivity index is 2.69. The molecule has 0 bridgehead atoms. The summed E-state index contributed by atoms with van der Waals surface area (Å²) < 4.78 is 0.689. The van der Waals surface area contributed by atoms with Crippen molar-refractivity contribution >= 4 is 34.5 Å². The van der Waals surface area contributed by atoms with Crippen LogP contribution in [0.25, 0.3) is 0 Å². The van der Waals surface area contributed by atoms with Crippen molar-refractivity contribution in [1.82, 2.24) is 4.90 Å². The Morgan fingerprint density at radius 3 is 2.46 bits per heavy atom. The van der Waals surface area contributed by atoms with Crippen molar-refractivity contribution < 1.29 is 0 Å². The molecule has 0 N–H and O–H groups in total. The van der Waals surface area contributed by atoms with Crippen LogP contribution < -0.4 is 0 Å². The van der Waals surface area contributed by atoms with E-state index in [0.29, 0.717) is 15.4 Å². The predicted octanol–water partition coefficient (Wildman–Crippen LogP) is 3.90. The molecule has 0 spiro atoms. The monoisotopic (exact) mass is 237 g/mol. The standard InChI is InChI=1S/C9H13Cl2NS/c1-6(2)12(3)4-7-5-13-9(11)8(7)10/h5-6H,4H2,1-3H3. The Bertz CT molecular complexity index is 283. The van der Waals surface area contributed by atoms with Crippen LogP contribution in [0.3, 0.4) is 0 Å². The summed E-state index contributed by atoms with van der Waals surface area (Å²) >= 11 is 13.4. The molecule has 13 heavy (non-hydrogen) atoms. The largest absolute Gasteiger partial charge is 0.300 e. The van der Waals surface area contributed by atoms with E-state index < -0.39 is 0 Å². The molecule has 0 fully saturated rings. The lowest BCUT2D eigenvalue weighted by Crippen LogP contribution is -2.25. The molecule has 1 heterocycles. The van der Waals surface area contributed by atoms with Gasteiger partial charge in [-0.15, -0.1) is 11.3 Å². The maximum atomic E-state index is 6.01. The second-order valence-corrected chi connectivity index (χ2v) is 5.22. The van der Waals surface area contributed by atoms with E-state index in [1.165, 1.54) is 11.3 Å². The van der Waals surface area contributed by atoms with Crippen molar-refractivity contribution in [2.75, 3.05) is 7.05 Å². The number of nitrogens with zero attached hydrogens (tertiary/aromatic N) is 1. The van der Waals surface area contributed by atoms with Gasteiger partial charge in [-0.25, -0.2) is 0 Å². The summed E-state index contributed by atoms with van der Waals surface area (Å²) in [5.74, 6) is 0. The average molecular weight is 238 g/mol. The third-order valence-electron chi connectivity index (χ3n) is 2.06. The lowest BCUT2D eigenvalue weighted by molar-refractivity contribution is 0.266. The summed E-state index contributed by atoms with van der Waals surface area (Å²) in [6.07, 6.45) is 0. The first-order valence-corrected chi connectivity index (χ1v) is 5.77. The molecule has 0 unspecified atom stereocenters. The van der Waals surface area contributed by atoms with Crippen molar-refractivity contribution in [3.63, 3.8) is 0 Å². The van der Waals surface area contributed by atoms with E-state index in [1.807, 2.05) is 5.38 Å². The molecule has 1 rings (SSSR count). The van der Waals surface area contributed by atoms with Gasteiger partial charge in [0, 0.05) is 12.6 Å². The Labute approximate surface area is 93.3 Å². The third kappa shape index (κ3) is 2.84. The highest BCUT2D eigenvalue weighted by Gasteiger charge is 2.11. The SMILES string of the molecule is CC(C)N(C)Cc1csc(Cl)c1Cl. The van der Waals surface area contributed by atoms with Gasteiger partial charge in [0.05, 0.1) is 5.02 Å². The smallest absolute Gasteiger partial charge is 0.112 e. The van der Waals surface area contributed by atoms with Crippen molar-refractivity contribution in [3.8, 4) is 0 Å². The lowest BCUT2D eigenvalue weighted by atomic mass is 10.3. The topological polar surface area (TPSA) is 3.24 Å². The van der Waals surface area contributed by atoms with Crippen molar-refractivity contribution in [2.45, 2.75) is 26.4 Å². The molecule has 0 amide bonds. The molecular formula is C9H13Cl2NS. The van der Waals surface area contributed by atoms with Crippen LogP contribution in [0, 0.1) is 0 Å². The van der Waals surface area contributed by atoms with Gasteiger partial charge in [-0.05, 0) is 31.8 Å². The zero-order valence-corrected chi connectivity index (χ0v) is 10.3. The van der Waals surface area contributed by atoms with E-state index in [4.69, 9.17) is 23.2 Å². The van der Waals surface area contributed by atoms with E-state index in [0.717, 1.165) is 12.1 Å². The Hall–Kier alpha value is 0.240. The molecule has 0 saturated heterocycles. The van der Waals surface area contributed by atoms with E-state index in [2.05, 4.69) is 25.8 Å². The van der Waals surface area contributed by atoms with Crippen LogP contribution in [0.2, 0.25) is 9.36 Å². The Morgan fingerprint density at radius 2 is 2.08 bits per heavy atom. The first-order valence-electron chi connectivity index (χ1n) is 4.14. The minimum absolute atomic E-state index is 0.523. The van der Waals surface area contributed by atoms with Gasteiger partial charge < -0.3 is 0 Å². The van der Waals surface area contributed by atoms with Crippen molar-refractivity contribution in [3.05, 3.63) is 20.3 Å². The van der Waals surface area contributed by atoms with Gasteiger partial charge in [-0.2, -0.15) is 0 Å². The molecule has 0 aliphatic rings. The number of halogens is 2. The maximum Gasteiger partial charge on any atom is 0.112 e. The summed E-state index contributed by atoms with van der Waals surface area (Å²) in [5, 5.41) is 2.72. The molecule has 4 heteroatoms. The highest BCUT2D eigenvalue weighted by atomic mass is 35.5. The van der Waals surface area contributed by atoms with E-state index >= 15 is 0 Å². The Morgan fingerprint density at radius 1 is 1.46 bits per heavy atom. The summed E-state index contributed by atoms with van der Waals surface area (Å²) in [6, 6.07) is 0.523. The minimum atomic E-state index is 0.523. The molecule has 0 radical (unpaired) electrons. The van der Waals surface area contributed by atoms with Crippen molar-refractivity contribution in [1.29, 1.82) is 0 Å². The molecule has 1 aromatic rings. The van der Waals surface area contributed by atoms with Crippen LogP contribution in [0.15, 0.2) is 5.38 Å². The van der Waals surface area contributed by atoms with Gasteiger partial charge in [-0.1, -0.05) is 23.2 Å². The summed E-state index contributed by atoms with van der Waals surface area (Å²) in [4.78, 5) is 2.23. The summed E-state index contributed by atoms with van der Waals surface area (Å²) in [5.41, 5.74) is 1.12. The minimum Gasteiger partial charge on any atom is -0.300 e. The molecule has 0 aliphatic heterocycles. The zero-order valence-electron chi connectivity index (χ0n) is 7.97. The van der Waals surface area contributed by atoms with E-state index in [1.54, 1.807) is 0 Å². The number of hydrogen-bond acceptors (Lipinski definition) is 2. The van der Waals surface area contributed by atoms with Crippen LogP contribution >= 0.6 is 34.5 Å². The van der Waals surface area contributed by atoms with Gasteiger partial charge in [0.2, 0.25) is 0 Å². The lowest BCUT2D eigenvalue weighted by Gasteiger charge is -2.20. The van der Waals surface area contributed by atoms with Crippen LogP contribution in [0.5, 0.6) is 0 Å². The van der Waals surface area contributed by atoms with Crippen LogP contribution in [-0.2, 0) is 6.54 Å². The number of hydrogen-bond donors (Lipinski definition) is 0. The molecular weight excluding hydrogens is 225 g/mol. The second kappa shape index (κ2) is 4.65. The van der Waals surface area contributed by atoms with E-state index in [-0.39, 0.29) is 0 Å². The summed E-state index contributed by atoms with van der Waals surface area (Å²) in [7, 11) is 2.08. The number of rotatable bonds is 3. The zero-order chi connectivity index (χ0) is 10.0. The first-order chi connectivity index (χ1) is 6.02. The maximum absolute atomic E-state index is 6.01. The van der Waals surface area contributed by atoms with Crippen LogP contribution in [-0.4, -0.2) is 18.0 Å². The van der Waals surface area contributed by atoms with Gasteiger partial charge in [0.25, 0.3) is 0 Å². The average Bonchev–Trinajstić information content (AvgIpc) is 2.36. The fourth-order valence-corrected chi connectivity index (χ4v) is 2.15. The summed E-state index contributed by atoms with van der Waals surface area (Å²) in [6.45, 7) is 5.17. The van der Waals surface area contributed by atoms with Gasteiger partial charge in [0.15, 0.2) is 0 Å². The van der Waals surface area contributed by atoms with Gasteiger partial charge in [0.1, 0.15) is 4.34 Å². The molecule has 0 aliphatic carbocycles. The van der Waals surface area contributed by atoms with Crippen molar-refractivity contribution in [2.24, 2.45) is 0 Å². The molecule has 1 nitrogen and oxygen atoms in total. The molecule has 1 aromatic heterocycles. The highest BCUT2D eigenvalue weighted by Crippen LogP contribution is 2.33. The molecule has 74 valence electrons. The predicted molar refractivity (Wildman–Crippen MR) is 60.9 cm³/mol. The number of thiophene rings is 1. The highest BCUT2D eigenvalue weighted by molar-refractivity contribution is 7.15. The normalized spacial score (nSPS) is 11.6. The fourth-order valence-electron chi connectivity index (χ4n) is 0.911. The van der Waals surface area contributed by atoms with Crippen LogP contribution in [0.4, 0.5) is 0 Å². The van der Waals surface area contributed by atoms with Crippen LogP contribution in [0.1, 0.15) is 19.4 Å². The van der Waals surface area contributed by atoms with E-state index in [9.17, 15) is 0 Å². The van der Waals surface area contributed by atoms with Gasteiger partial charge in [-0.3, -0.25) is 4.90 Å². The fraction of sp³-hybridized carbons (Fsp3) is 0.556. The second-order valence-electron chi connectivity index (χ2n) is 3.36. The third-order valence-corrected chi connectivity index (χ3v) is 3.97. The Kier molecular flexibility index (Phi) is 4.05. The molecule has 0 saturated carbocycles. The first kappa shape index (κ1) is 11.3. The van der Waals surface area contributed by atoms with Gasteiger partial charge >= 0.3 is 0 Å². The molecule has 0 aromatic carbocycles.